The standard InChI is InChI=1S/C19H20N2O3/c22-12-17-2-1-6-21(17)19(23)16-9-15(10-20-11-16)13-3-4-18-14(8-13)5-7-24-18/h3-4,8-11,17,22H,1-2,5-7,12H2/t17-/m1/s1. The molecular weight excluding hydrogens is 304 g/mol. The summed E-state index contributed by atoms with van der Waals surface area (Å²) in [7, 11) is 0. The van der Waals surface area contributed by atoms with Crippen molar-refractivity contribution in [2.75, 3.05) is 19.8 Å². The summed E-state index contributed by atoms with van der Waals surface area (Å²) in [6.07, 6.45) is 6.10. The molecule has 2 aromatic rings. The van der Waals surface area contributed by atoms with Gasteiger partial charge in [-0.15, -0.1) is 0 Å². The number of rotatable bonds is 3. The minimum Gasteiger partial charge on any atom is -0.493 e. The van der Waals surface area contributed by atoms with Crippen molar-refractivity contribution in [1.82, 2.24) is 9.88 Å². The number of fused-ring (bicyclic) bond motifs is 1. The summed E-state index contributed by atoms with van der Waals surface area (Å²) < 4.78 is 5.54. The van der Waals surface area contributed by atoms with Crippen LogP contribution in [0.3, 0.4) is 0 Å². The van der Waals surface area contributed by atoms with Crippen LogP contribution in [-0.4, -0.2) is 46.7 Å². The second kappa shape index (κ2) is 6.24. The van der Waals surface area contributed by atoms with E-state index in [1.807, 2.05) is 18.2 Å². The lowest BCUT2D eigenvalue weighted by atomic mass is 10.0. The molecule has 124 valence electrons. The van der Waals surface area contributed by atoms with Crippen molar-refractivity contribution in [3.8, 4) is 16.9 Å². The molecule has 0 radical (unpaired) electrons. The maximum atomic E-state index is 12.7. The zero-order chi connectivity index (χ0) is 16.5. The average molecular weight is 324 g/mol. The van der Waals surface area contributed by atoms with E-state index in [0.29, 0.717) is 12.1 Å². The predicted molar refractivity (Wildman–Crippen MR) is 90.0 cm³/mol. The Hall–Kier alpha value is -2.40. The molecule has 1 atom stereocenters. The van der Waals surface area contributed by atoms with E-state index in [1.54, 1.807) is 17.3 Å². The first kappa shape index (κ1) is 15.1. The third kappa shape index (κ3) is 2.65. The molecule has 0 bridgehead atoms. The fourth-order valence-electron chi connectivity index (χ4n) is 3.54. The second-order valence-corrected chi connectivity index (χ2v) is 6.36. The topological polar surface area (TPSA) is 62.7 Å². The summed E-state index contributed by atoms with van der Waals surface area (Å²) in [6.45, 7) is 1.45. The summed E-state index contributed by atoms with van der Waals surface area (Å²) in [4.78, 5) is 18.8. The predicted octanol–water partition coefficient (Wildman–Crippen LogP) is 2.28. The number of carbonyl (C=O) groups excluding carboxylic acids is 1. The van der Waals surface area contributed by atoms with Gasteiger partial charge >= 0.3 is 0 Å². The SMILES string of the molecule is O=C(c1cncc(-c2ccc3c(c2)CCO3)c1)N1CCC[C@@H]1CO. The van der Waals surface area contributed by atoms with Gasteiger partial charge in [0.05, 0.1) is 24.8 Å². The summed E-state index contributed by atoms with van der Waals surface area (Å²) in [5.41, 5.74) is 3.74. The Kier molecular flexibility index (Phi) is 3.94. The lowest BCUT2D eigenvalue weighted by Crippen LogP contribution is -2.37. The Balaban J connectivity index is 1.63. The Morgan fingerprint density at radius 2 is 2.21 bits per heavy atom. The average Bonchev–Trinajstić information content (AvgIpc) is 3.29. The maximum Gasteiger partial charge on any atom is 0.255 e. The lowest BCUT2D eigenvalue weighted by molar-refractivity contribution is 0.0677. The van der Waals surface area contributed by atoms with Gasteiger partial charge < -0.3 is 14.7 Å². The highest BCUT2D eigenvalue weighted by molar-refractivity contribution is 5.95. The number of hydrogen-bond donors (Lipinski definition) is 1. The third-order valence-electron chi connectivity index (χ3n) is 4.86. The summed E-state index contributed by atoms with van der Waals surface area (Å²) in [5.74, 6) is 0.896. The van der Waals surface area contributed by atoms with E-state index in [4.69, 9.17) is 4.74 Å². The molecule has 1 amide bonds. The molecule has 24 heavy (non-hydrogen) atoms. The van der Waals surface area contributed by atoms with Gasteiger partial charge in [0.2, 0.25) is 0 Å². The first-order valence-electron chi connectivity index (χ1n) is 8.39. The van der Waals surface area contributed by atoms with Crippen LogP contribution in [0, 0.1) is 0 Å². The number of carbonyl (C=O) groups is 1. The van der Waals surface area contributed by atoms with Crippen LogP contribution in [0.15, 0.2) is 36.7 Å². The van der Waals surface area contributed by atoms with Crippen molar-refractivity contribution in [1.29, 1.82) is 0 Å². The van der Waals surface area contributed by atoms with Crippen molar-refractivity contribution in [2.24, 2.45) is 0 Å². The van der Waals surface area contributed by atoms with Crippen molar-refractivity contribution < 1.29 is 14.6 Å². The van der Waals surface area contributed by atoms with Crippen molar-refractivity contribution in [2.45, 2.75) is 25.3 Å². The van der Waals surface area contributed by atoms with Crippen LogP contribution in [0.5, 0.6) is 5.75 Å². The van der Waals surface area contributed by atoms with E-state index in [-0.39, 0.29) is 18.6 Å². The third-order valence-corrected chi connectivity index (χ3v) is 4.86. The van der Waals surface area contributed by atoms with Gasteiger partial charge in [-0.25, -0.2) is 0 Å². The molecule has 5 heteroatoms. The van der Waals surface area contributed by atoms with Crippen LogP contribution in [0.1, 0.15) is 28.8 Å². The highest BCUT2D eigenvalue weighted by Gasteiger charge is 2.29. The lowest BCUT2D eigenvalue weighted by Gasteiger charge is -2.23. The number of pyridine rings is 1. The number of nitrogens with zero attached hydrogens (tertiary/aromatic N) is 2. The minimum atomic E-state index is -0.0710. The van der Waals surface area contributed by atoms with E-state index >= 15 is 0 Å². The maximum absolute atomic E-state index is 12.7. The monoisotopic (exact) mass is 324 g/mol. The molecule has 2 aliphatic rings. The molecule has 1 aromatic carbocycles. The summed E-state index contributed by atoms with van der Waals surface area (Å²) >= 11 is 0. The van der Waals surface area contributed by atoms with Gasteiger partial charge in [-0.3, -0.25) is 9.78 Å². The molecule has 2 aliphatic heterocycles. The molecular formula is C19H20N2O3. The number of hydrogen-bond acceptors (Lipinski definition) is 4. The molecule has 0 saturated carbocycles. The van der Waals surface area contributed by atoms with E-state index in [9.17, 15) is 9.90 Å². The molecule has 0 aliphatic carbocycles. The largest absolute Gasteiger partial charge is 0.493 e. The number of aromatic nitrogens is 1. The summed E-state index contributed by atoms with van der Waals surface area (Å²) in [6, 6.07) is 7.91. The van der Waals surface area contributed by atoms with Crippen molar-refractivity contribution in [3.05, 3.63) is 47.8 Å². The van der Waals surface area contributed by atoms with Gasteiger partial charge in [0.15, 0.2) is 0 Å². The number of amides is 1. The van der Waals surface area contributed by atoms with Crippen LogP contribution >= 0.6 is 0 Å². The van der Waals surface area contributed by atoms with Gasteiger partial charge in [0.25, 0.3) is 5.91 Å². The molecule has 1 fully saturated rings. The Labute approximate surface area is 140 Å². The first-order chi connectivity index (χ1) is 11.8. The molecule has 1 saturated heterocycles. The van der Waals surface area contributed by atoms with Gasteiger partial charge in [0.1, 0.15) is 5.75 Å². The molecule has 3 heterocycles. The fraction of sp³-hybridized carbons (Fsp3) is 0.368. The van der Waals surface area contributed by atoms with Gasteiger partial charge in [-0.1, -0.05) is 6.07 Å². The Morgan fingerprint density at radius 1 is 1.29 bits per heavy atom. The molecule has 1 aromatic heterocycles. The molecule has 0 spiro atoms. The van der Waals surface area contributed by atoms with E-state index < -0.39 is 0 Å². The van der Waals surface area contributed by atoms with Gasteiger partial charge in [-0.2, -0.15) is 0 Å². The van der Waals surface area contributed by atoms with E-state index in [0.717, 1.165) is 42.7 Å². The minimum absolute atomic E-state index is 0.0175. The first-order valence-corrected chi connectivity index (χ1v) is 8.39. The molecule has 4 rings (SSSR count). The van der Waals surface area contributed by atoms with Gasteiger partial charge in [0, 0.05) is 30.9 Å². The quantitative estimate of drug-likeness (QED) is 0.941. The zero-order valence-electron chi connectivity index (χ0n) is 13.4. The fourth-order valence-corrected chi connectivity index (χ4v) is 3.54. The Morgan fingerprint density at radius 3 is 3.08 bits per heavy atom. The van der Waals surface area contributed by atoms with E-state index in [2.05, 4.69) is 11.1 Å². The summed E-state index contributed by atoms with van der Waals surface area (Å²) in [5, 5.41) is 9.43. The highest BCUT2D eigenvalue weighted by atomic mass is 16.5. The number of likely N-dealkylation sites (tertiary alicyclic amines) is 1. The number of benzene rings is 1. The smallest absolute Gasteiger partial charge is 0.255 e. The van der Waals surface area contributed by atoms with Crippen LogP contribution in [0.25, 0.3) is 11.1 Å². The number of ether oxygens (including phenoxy) is 1. The molecule has 1 N–H and O–H groups in total. The van der Waals surface area contributed by atoms with Crippen LogP contribution in [0.2, 0.25) is 0 Å². The van der Waals surface area contributed by atoms with Crippen LogP contribution < -0.4 is 4.74 Å². The normalized spacial score (nSPS) is 19.2. The van der Waals surface area contributed by atoms with Crippen molar-refractivity contribution >= 4 is 5.91 Å². The van der Waals surface area contributed by atoms with Crippen LogP contribution in [-0.2, 0) is 6.42 Å². The second-order valence-electron chi connectivity index (χ2n) is 6.36. The zero-order valence-corrected chi connectivity index (χ0v) is 13.4. The molecule has 5 nitrogen and oxygen atoms in total. The van der Waals surface area contributed by atoms with E-state index in [1.165, 1.54) is 5.56 Å². The van der Waals surface area contributed by atoms with Crippen LogP contribution in [0.4, 0.5) is 0 Å². The Bertz CT molecular complexity index is 775. The highest BCUT2D eigenvalue weighted by Crippen LogP contribution is 2.30. The number of aliphatic hydroxyl groups is 1. The number of aliphatic hydroxyl groups excluding tert-OH is 1. The van der Waals surface area contributed by atoms with Crippen molar-refractivity contribution in [3.63, 3.8) is 0 Å². The van der Waals surface area contributed by atoms with Gasteiger partial charge in [-0.05, 0) is 42.2 Å². The molecule has 0 unspecified atom stereocenters.